The Bertz CT molecular complexity index is 502. The second-order valence-corrected chi connectivity index (χ2v) is 6.78. The van der Waals surface area contributed by atoms with E-state index in [4.69, 9.17) is 16.3 Å². The molecular weight excluding hydrogens is 286 g/mol. The van der Waals surface area contributed by atoms with Crippen LogP contribution in [0.4, 0.5) is 0 Å². The Labute approximate surface area is 131 Å². The smallest absolute Gasteiger partial charge is 0.231 e. The van der Waals surface area contributed by atoms with Crippen molar-refractivity contribution in [1.29, 1.82) is 0 Å². The van der Waals surface area contributed by atoms with Crippen molar-refractivity contribution in [2.24, 2.45) is 5.92 Å². The Kier molecular flexibility index (Phi) is 4.23. The van der Waals surface area contributed by atoms with Crippen molar-refractivity contribution in [3.63, 3.8) is 0 Å². The molecule has 1 aromatic carbocycles. The predicted octanol–water partition coefficient (Wildman–Crippen LogP) is 3.47. The van der Waals surface area contributed by atoms with Crippen LogP contribution in [0, 0.1) is 5.92 Å². The van der Waals surface area contributed by atoms with E-state index in [2.05, 4.69) is 13.8 Å². The minimum Gasteiger partial charge on any atom is -0.377 e. The first kappa shape index (κ1) is 14.9. The van der Waals surface area contributed by atoms with Crippen molar-refractivity contribution in [2.45, 2.75) is 44.7 Å². The van der Waals surface area contributed by atoms with Gasteiger partial charge in [0.25, 0.3) is 0 Å². The minimum atomic E-state index is -0.0229. The first-order chi connectivity index (χ1) is 10.1. The molecule has 3 atom stereocenters. The number of benzene rings is 1. The van der Waals surface area contributed by atoms with E-state index in [-0.39, 0.29) is 23.9 Å². The maximum atomic E-state index is 13.1. The van der Waals surface area contributed by atoms with Crippen molar-refractivity contribution in [3.8, 4) is 0 Å². The van der Waals surface area contributed by atoms with Crippen LogP contribution in [0.15, 0.2) is 24.3 Å². The van der Waals surface area contributed by atoms with E-state index in [0.29, 0.717) is 24.2 Å². The summed E-state index contributed by atoms with van der Waals surface area (Å²) in [5.41, 5.74) is 1.10. The minimum absolute atomic E-state index is 0.0229. The highest BCUT2D eigenvalue weighted by atomic mass is 35.5. The highest BCUT2D eigenvalue weighted by Gasteiger charge is 2.42. The van der Waals surface area contributed by atoms with Crippen LogP contribution in [-0.2, 0) is 9.53 Å². The van der Waals surface area contributed by atoms with Gasteiger partial charge in [0.1, 0.15) is 0 Å². The molecule has 3 rings (SSSR count). The second kappa shape index (κ2) is 5.98. The van der Waals surface area contributed by atoms with Crippen LogP contribution in [0.3, 0.4) is 0 Å². The topological polar surface area (TPSA) is 29.5 Å². The van der Waals surface area contributed by atoms with Gasteiger partial charge in [-0.1, -0.05) is 23.7 Å². The highest BCUT2D eigenvalue weighted by molar-refractivity contribution is 6.30. The molecule has 1 aliphatic heterocycles. The molecule has 0 aromatic heterocycles. The van der Waals surface area contributed by atoms with Crippen molar-refractivity contribution in [1.82, 2.24) is 4.90 Å². The lowest BCUT2D eigenvalue weighted by Crippen LogP contribution is -2.54. The van der Waals surface area contributed by atoms with Crippen molar-refractivity contribution < 1.29 is 9.53 Å². The molecule has 1 saturated carbocycles. The molecule has 21 heavy (non-hydrogen) atoms. The molecule has 0 radical (unpaired) electrons. The third-order valence-corrected chi connectivity index (χ3v) is 4.76. The first-order valence-corrected chi connectivity index (χ1v) is 8.11. The van der Waals surface area contributed by atoms with E-state index >= 15 is 0 Å². The zero-order valence-electron chi connectivity index (χ0n) is 12.6. The molecule has 2 aliphatic rings. The third-order valence-electron chi connectivity index (χ3n) is 4.51. The molecule has 1 aliphatic carbocycles. The van der Waals surface area contributed by atoms with E-state index in [1.807, 2.05) is 29.2 Å². The SMILES string of the molecule is CC1COCC(C)N1C(=O)C(c1ccc(Cl)cc1)C1CC1. The number of hydrogen-bond donors (Lipinski definition) is 0. The summed E-state index contributed by atoms with van der Waals surface area (Å²) in [4.78, 5) is 15.2. The molecule has 2 fully saturated rings. The van der Waals surface area contributed by atoms with E-state index in [1.54, 1.807) is 0 Å². The fourth-order valence-electron chi connectivity index (χ4n) is 3.32. The number of hydrogen-bond acceptors (Lipinski definition) is 2. The van der Waals surface area contributed by atoms with Gasteiger partial charge in [-0.2, -0.15) is 0 Å². The molecule has 1 aromatic rings. The Balaban J connectivity index is 1.86. The Morgan fingerprint density at radius 2 is 1.76 bits per heavy atom. The molecule has 1 heterocycles. The Morgan fingerprint density at radius 3 is 2.29 bits per heavy atom. The highest BCUT2D eigenvalue weighted by Crippen LogP contribution is 2.44. The monoisotopic (exact) mass is 307 g/mol. The van der Waals surface area contributed by atoms with E-state index < -0.39 is 0 Å². The molecule has 0 spiro atoms. The molecule has 114 valence electrons. The summed E-state index contributed by atoms with van der Waals surface area (Å²) in [7, 11) is 0. The number of carbonyl (C=O) groups excluding carboxylic acids is 1. The fourth-order valence-corrected chi connectivity index (χ4v) is 3.44. The van der Waals surface area contributed by atoms with Gasteiger partial charge in [0.15, 0.2) is 0 Å². The first-order valence-electron chi connectivity index (χ1n) is 7.73. The number of morpholine rings is 1. The summed E-state index contributed by atoms with van der Waals surface area (Å²) < 4.78 is 5.54. The van der Waals surface area contributed by atoms with Gasteiger partial charge in [-0.15, -0.1) is 0 Å². The van der Waals surface area contributed by atoms with Gasteiger partial charge < -0.3 is 9.64 Å². The van der Waals surface area contributed by atoms with Crippen LogP contribution < -0.4 is 0 Å². The van der Waals surface area contributed by atoms with Crippen LogP contribution in [-0.4, -0.2) is 36.1 Å². The van der Waals surface area contributed by atoms with Crippen LogP contribution >= 0.6 is 11.6 Å². The Morgan fingerprint density at radius 1 is 1.19 bits per heavy atom. The van der Waals surface area contributed by atoms with Crippen molar-refractivity contribution in [2.75, 3.05) is 13.2 Å². The zero-order chi connectivity index (χ0) is 15.0. The van der Waals surface area contributed by atoms with Gasteiger partial charge in [-0.05, 0) is 50.3 Å². The van der Waals surface area contributed by atoms with Gasteiger partial charge in [-0.3, -0.25) is 4.79 Å². The Hall–Kier alpha value is -1.06. The van der Waals surface area contributed by atoms with Crippen molar-refractivity contribution in [3.05, 3.63) is 34.9 Å². The number of amides is 1. The van der Waals surface area contributed by atoms with Crippen LogP contribution in [0.1, 0.15) is 38.2 Å². The normalized spacial score (nSPS) is 27.5. The number of nitrogens with zero attached hydrogens (tertiary/aromatic N) is 1. The van der Waals surface area contributed by atoms with Gasteiger partial charge in [-0.25, -0.2) is 0 Å². The summed E-state index contributed by atoms with van der Waals surface area (Å²) in [6.07, 6.45) is 2.29. The second-order valence-electron chi connectivity index (χ2n) is 6.35. The van der Waals surface area contributed by atoms with E-state index in [0.717, 1.165) is 18.4 Å². The summed E-state index contributed by atoms with van der Waals surface area (Å²) >= 11 is 5.97. The molecule has 4 heteroatoms. The summed E-state index contributed by atoms with van der Waals surface area (Å²) in [6, 6.07) is 8.06. The summed E-state index contributed by atoms with van der Waals surface area (Å²) in [5, 5.41) is 0.717. The average Bonchev–Trinajstić information content (AvgIpc) is 3.26. The fraction of sp³-hybridized carbons (Fsp3) is 0.588. The quantitative estimate of drug-likeness (QED) is 0.856. The van der Waals surface area contributed by atoms with E-state index in [1.165, 1.54) is 0 Å². The average molecular weight is 308 g/mol. The molecule has 3 nitrogen and oxygen atoms in total. The molecule has 1 amide bonds. The van der Waals surface area contributed by atoms with Gasteiger partial charge in [0.2, 0.25) is 5.91 Å². The standard InChI is InChI=1S/C17H22ClNO2/c1-11-9-21-10-12(2)19(11)17(20)16(13-3-4-13)14-5-7-15(18)8-6-14/h5-8,11-13,16H,3-4,9-10H2,1-2H3. The molecular formula is C17H22ClNO2. The largest absolute Gasteiger partial charge is 0.377 e. The third kappa shape index (κ3) is 3.09. The van der Waals surface area contributed by atoms with Crippen LogP contribution in [0.25, 0.3) is 0 Å². The lowest BCUT2D eigenvalue weighted by Gasteiger charge is -2.40. The van der Waals surface area contributed by atoms with Gasteiger partial charge in [0.05, 0.1) is 31.2 Å². The maximum absolute atomic E-state index is 13.1. The van der Waals surface area contributed by atoms with Crippen LogP contribution in [0.2, 0.25) is 5.02 Å². The predicted molar refractivity (Wildman–Crippen MR) is 83.5 cm³/mol. The summed E-state index contributed by atoms with van der Waals surface area (Å²) in [6.45, 7) is 5.40. The number of halogens is 1. The molecule has 0 N–H and O–H groups in total. The summed E-state index contributed by atoms with van der Waals surface area (Å²) in [5.74, 6) is 0.717. The maximum Gasteiger partial charge on any atom is 0.231 e. The number of rotatable bonds is 3. The molecule has 0 bridgehead atoms. The van der Waals surface area contributed by atoms with Crippen LogP contribution in [0.5, 0.6) is 0 Å². The zero-order valence-corrected chi connectivity index (χ0v) is 13.3. The van der Waals surface area contributed by atoms with Crippen molar-refractivity contribution >= 4 is 17.5 Å². The molecule has 1 saturated heterocycles. The lowest BCUT2D eigenvalue weighted by molar-refractivity contribution is -0.146. The van der Waals surface area contributed by atoms with E-state index in [9.17, 15) is 4.79 Å². The number of carbonyl (C=O) groups is 1. The number of ether oxygens (including phenoxy) is 1. The van der Waals surface area contributed by atoms with Gasteiger partial charge >= 0.3 is 0 Å². The van der Waals surface area contributed by atoms with Gasteiger partial charge in [0, 0.05) is 5.02 Å². The molecule has 3 unspecified atom stereocenters. The lowest BCUT2D eigenvalue weighted by atomic mass is 9.91.